The average Bonchev–Trinajstić information content (AvgIpc) is 2.78. The number of Topliss-reactive ketones (excluding diaryl/α,β-unsaturated/α-hetero) is 1. The highest BCUT2D eigenvalue weighted by Gasteiger charge is 2.19. The minimum atomic E-state index is -0.218. The fourth-order valence-corrected chi connectivity index (χ4v) is 2.67. The molecule has 1 aromatic heterocycles. The van der Waals surface area contributed by atoms with E-state index in [-0.39, 0.29) is 17.1 Å². The van der Waals surface area contributed by atoms with Crippen LogP contribution in [0.1, 0.15) is 19.6 Å². The second-order valence-electron chi connectivity index (χ2n) is 4.05. The molecule has 0 saturated carbocycles. The fraction of sp³-hybridized carbons (Fsp3) is 0.133. The summed E-state index contributed by atoms with van der Waals surface area (Å²) < 4.78 is 5.36. The number of hydrogen-bond donors (Lipinski definition) is 1. The van der Waals surface area contributed by atoms with Gasteiger partial charge in [-0.25, -0.2) is 0 Å². The molecule has 0 radical (unpaired) electrons. The molecular weight excluding hydrogens is 260 g/mol. The highest BCUT2D eigenvalue weighted by molar-refractivity contribution is 7.99. The van der Waals surface area contributed by atoms with Gasteiger partial charge in [0.25, 0.3) is 0 Å². The molecule has 98 valence electrons. The van der Waals surface area contributed by atoms with Crippen LogP contribution in [0.3, 0.4) is 0 Å². The van der Waals surface area contributed by atoms with Crippen molar-refractivity contribution >= 4 is 23.1 Å². The maximum absolute atomic E-state index is 11.6. The Hall–Kier alpha value is -1.94. The van der Waals surface area contributed by atoms with Crippen LogP contribution < -0.4 is 0 Å². The molecule has 2 aromatic rings. The molecule has 3 nitrogen and oxygen atoms in total. The number of ketones is 1. The number of carbonyl (C=O) groups is 1. The Morgan fingerprint density at radius 2 is 1.84 bits per heavy atom. The molecule has 0 bridgehead atoms. The maximum atomic E-state index is 11.6. The largest absolute Gasteiger partial charge is 0.512 e. The third-order valence-electron chi connectivity index (χ3n) is 2.54. The molecule has 0 aliphatic rings. The van der Waals surface area contributed by atoms with Gasteiger partial charge in [0.15, 0.2) is 11.5 Å². The number of carbonyl (C=O) groups excluding carboxylic acids is 1. The summed E-state index contributed by atoms with van der Waals surface area (Å²) in [4.78, 5) is 13.5. The summed E-state index contributed by atoms with van der Waals surface area (Å²) in [6, 6.07) is 11.6. The predicted molar refractivity (Wildman–Crippen MR) is 75.2 cm³/mol. The van der Waals surface area contributed by atoms with Crippen molar-refractivity contribution in [3.63, 3.8) is 0 Å². The zero-order chi connectivity index (χ0) is 13.8. The second kappa shape index (κ2) is 5.80. The van der Waals surface area contributed by atoms with Crippen LogP contribution in [0.15, 0.2) is 62.6 Å². The minimum absolute atomic E-state index is 0.0302. The molecule has 19 heavy (non-hydrogen) atoms. The van der Waals surface area contributed by atoms with Crippen LogP contribution in [-0.2, 0) is 4.79 Å². The summed E-state index contributed by atoms with van der Waals surface area (Å²) in [6.07, 6.45) is 1.52. The van der Waals surface area contributed by atoms with Gasteiger partial charge in [-0.15, -0.1) is 0 Å². The van der Waals surface area contributed by atoms with E-state index in [1.165, 1.54) is 31.9 Å². The van der Waals surface area contributed by atoms with Crippen molar-refractivity contribution < 1.29 is 14.3 Å². The third kappa shape index (κ3) is 3.09. The number of hydrogen-bond acceptors (Lipinski definition) is 4. The van der Waals surface area contributed by atoms with Gasteiger partial charge in [-0.1, -0.05) is 30.0 Å². The molecule has 0 aliphatic carbocycles. The first kappa shape index (κ1) is 13.5. The molecule has 0 atom stereocenters. The Morgan fingerprint density at radius 3 is 2.42 bits per heavy atom. The predicted octanol–water partition coefficient (Wildman–Crippen LogP) is 4.31. The van der Waals surface area contributed by atoms with E-state index in [0.29, 0.717) is 5.76 Å². The SMILES string of the molecule is CC(=O)/C(=C(/C)O)c1occc1Sc1ccccc1. The summed E-state index contributed by atoms with van der Waals surface area (Å²) in [7, 11) is 0. The molecule has 1 N–H and O–H groups in total. The van der Waals surface area contributed by atoms with Crippen molar-refractivity contribution in [3.05, 3.63) is 54.2 Å². The molecule has 0 saturated heterocycles. The molecule has 0 fully saturated rings. The lowest BCUT2D eigenvalue weighted by molar-refractivity contribution is -0.112. The van der Waals surface area contributed by atoms with Gasteiger partial charge in [0.1, 0.15) is 5.76 Å². The first-order valence-corrected chi connectivity index (χ1v) is 6.62. The van der Waals surface area contributed by atoms with Crippen molar-refractivity contribution in [1.82, 2.24) is 0 Å². The second-order valence-corrected chi connectivity index (χ2v) is 5.16. The molecule has 0 spiro atoms. The standard InChI is InChI=1S/C15H14O3S/c1-10(16)14(11(2)17)15-13(8-9-18-15)19-12-6-4-3-5-7-12/h3-9,16H,1-2H3/b14-10+. The number of furan rings is 1. The van der Waals surface area contributed by atoms with E-state index in [2.05, 4.69) is 0 Å². The van der Waals surface area contributed by atoms with Crippen LogP contribution in [0.5, 0.6) is 0 Å². The van der Waals surface area contributed by atoms with Gasteiger partial charge in [0.2, 0.25) is 0 Å². The van der Waals surface area contributed by atoms with E-state index in [1.807, 2.05) is 30.3 Å². The quantitative estimate of drug-likeness (QED) is 0.666. The van der Waals surface area contributed by atoms with Gasteiger partial charge in [0.05, 0.1) is 16.7 Å². The average molecular weight is 274 g/mol. The van der Waals surface area contributed by atoms with Crippen molar-refractivity contribution in [2.24, 2.45) is 0 Å². The lowest BCUT2D eigenvalue weighted by Gasteiger charge is -2.05. The van der Waals surface area contributed by atoms with Gasteiger partial charge in [0, 0.05) is 4.90 Å². The number of allylic oxidation sites excluding steroid dienone is 2. The normalized spacial score (nSPS) is 12.1. The number of aliphatic hydroxyl groups excluding tert-OH is 1. The monoisotopic (exact) mass is 274 g/mol. The zero-order valence-electron chi connectivity index (χ0n) is 10.7. The summed E-state index contributed by atoms with van der Waals surface area (Å²) in [5.41, 5.74) is 0.225. The van der Waals surface area contributed by atoms with Crippen molar-refractivity contribution in [2.45, 2.75) is 23.6 Å². The highest BCUT2D eigenvalue weighted by Crippen LogP contribution is 2.35. The van der Waals surface area contributed by atoms with Gasteiger partial charge < -0.3 is 9.52 Å². The van der Waals surface area contributed by atoms with Crippen LogP contribution >= 0.6 is 11.8 Å². The number of rotatable bonds is 4. The summed E-state index contributed by atoms with van der Waals surface area (Å²) in [5.74, 6) is 0.170. The minimum Gasteiger partial charge on any atom is -0.512 e. The summed E-state index contributed by atoms with van der Waals surface area (Å²) >= 11 is 1.49. The Morgan fingerprint density at radius 1 is 1.16 bits per heavy atom. The topological polar surface area (TPSA) is 50.4 Å². The van der Waals surface area contributed by atoms with Crippen LogP contribution in [0.25, 0.3) is 5.57 Å². The van der Waals surface area contributed by atoms with Crippen LogP contribution in [0.2, 0.25) is 0 Å². The van der Waals surface area contributed by atoms with Crippen LogP contribution in [0.4, 0.5) is 0 Å². The lowest BCUT2D eigenvalue weighted by Crippen LogP contribution is -1.99. The Kier molecular flexibility index (Phi) is 4.12. The molecule has 0 aliphatic heterocycles. The number of benzene rings is 1. The highest BCUT2D eigenvalue weighted by atomic mass is 32.2. The van der Waals surface area contributed by atoms with Crippen molar-refractivity contribution in [2.75, 3.05) is 0 Å². The Labute approximate surface area is 115 Å². The van der Waals surface area contributed by atoms with Gasteiger partial charge >= 0.3 is 0 Å². The first-order valence-electron chi connectivity index (χ1n) is 5.81. The summed E-state index contributed by atoms with van der Waals surface area (Å²) in [5, 5.41) is 9.63. The first-order chi connectivity index (χ1) is 9.09. The van der Waals surface area contributed by atoms with Gasteiger partial charge in [-0.3, -0.25) is 4.79 Å². The third-order valence-corrected chi connectivity index (χ3v) is 3.59. The molecule has 0 unspecified atom stereocenters. The molecule has 2 rings (SSSR count). The van der Waals surface area contributed by atoms with Crippen LogP contribution in [0, 0.1) is 0 Å². The lowest BCUT2D eigenvalue weighted by atomic mass is 10.1. The van der Waals surface area contributed by atoms with Crippen molar-refractivity contribution in [3.8, 4) is 0 Å². The fourth-order valence-electron chi connectivity index (χ4n) is 1.75. The molecule has 1 heterocycles. The Balaban J connectivity index is 2.38. The zero-order valence-corrected chi connectivity index (χ0v) is 11.5. The van der Waals surface area contributed by atoms with Gasteiger partial charge in [-0.2, -0.15) is 0 Å². The molecule has 4 heteroatoms. The van der Waals surface area contributed by atoms with Crippen LogP contribution in [-0.4, -0.2) is 10.9 Å². The van der Waals surface area contributed by atoms with E-state index in [4.69, 9.17) is 4.42 Å². The molecule has 1 aromatic carbocycles. The maximum Gasteiger partial charge on any atom is 0.166 e. The van der Waals surface area contributed by atoms with E-state index in [9.17, 15) is 9.90 Å². The van der Waals surface area contributed by atoms with E-state index >= 15 is 0 Å². The Bertz CT molecular complexity index is 607. The van der Waals surface area contributed by atoms with Crippen molar-refractivity contribution in [1.29, 1.82) is 0 Å². The van der Waals surface area contributed by atoms with E-state index in [0.717, 1.165) is 9.79 Å². The smallest absolute Gasteiger partial charge is 0.166 e. The van der Waals surface area contributed by atoms with Gasteiger partial charge in [-0.05, 0) is 32.0 Å². The summed E-state index contributed by atoms with van der Waals surface area (Å²) in [6.45, 7) is 2.89. The molecular formula is C15H14O3S. The number of aliphatic hydroxyl groups is 1. The van der Waals surface area contributed by atoms with E-state index < -0.39 is 0 Å². The van der Waals surface area contributed by atoms with E-state index in [1.54, 1.807) is 6.07 Å². The molecule has 0 amide bonds.